The Balaban J connectivity index is 1.72. The van der Waals surface area contributed by atoms with E-state index in [9.17, 15) is 0 Å². The third kappa shape index (κ3) is 5.07. The van der Waals surface area contributed by atoms with Crippen LogP contribution in [0.4, 0.5) is 0 Å². The molecule has 1 saturated carbocycles. The number of hydrogen-bond donors (Lipinski definition) is 1. The average Bonchev–Trinajstić information content (AvgIpc) is 2.32. The Bertz CT molecular complexity index is 240. The molecule has 0 aromatic carbocycles. The first-order valence-electron chi connectivity index (χ1n) is 8.57. The van der Waals surface area contributed by atoms with Crippen LogP contribution in [0.3, 0.4) is 0 Å². The van der Waals surface area contributed by atoms with Crippen molar-refractivity contribution in [2.45, 2.75) is 96.2 Å². The second-order valence-electron chi connectivity index (χ2n) is 7.64. The lowest BCUT2D eigenvalue weighted by atomic mass is 9.93. The van der Waals surface area contributed by atoms with Crippen molar-refractivity contribution in [2.24, 2.45) is 0 Å². The van der Waals surface area contributed by atoms with Crippen LogP contribution in [0.5, 0.6) is 0 Å². The maximum atomic E-state index is 3.97. The smallest absolute Gasteiger partial charge is 0.0125 e. The summed E-state index contributed by atoms with van der Waals surface area (Å²) in [6, 6.07) is 1.59. The molecule has 0 spiro atoms. The van der Waals surface area contributed by atoms with Gasteiger partial charge >= 0.3 is 0 Å². The lowest BCUT2D eigenvalue weighted by Gasteiger charge is -2.42. The van der Waals surface area contributed by atoms with Crippen LogP contribution < -0.4 is 5.32 Å². The van der Waals surface area contributed by atoms with Gasteiger partial charge in [0.25, 0.3) is 0 Å². The number of likely N-dealkylation sites (tertiary alicyclic amines) is 1. The molecule has 2 fully saturated rings. The van der Waals surface area contributed by atoms with Gasteiger partial charge in [0.2, 0.25) is 0 Å². The number of nitrogens with one attached hydrogen (secondary N) is 1. The van der Waals surface area contributed by atoms with E-state index in [-0.39, 0.29) is 0 Å². The van der Waals surface area contributed by atoms with Crippen LogP contribution in [0.2, 0.25) is 0 Å². The molecule has 0 amide bonds. The zero-order valence-corrected chi connectivity index (χ0v) is 13.4. The Kier molecular flexibility index (Phi) is 5.70. The molecular formula is C17H34N2. The van der Waals surface area contributed by atoms with Gasteiger partial charge in [-0.25, -0.2) is 0 Å². The predicted octanol–water partition coefficient (Wildman–Crippen LogP) is 3.95. The SMILES string of the molecule is CC(C)(C)N1CCC(NC2CCCCCCC2)CC1. The molecule has 2 heteroatoms. The monoisotopic (exact) mass is 266 g/mol. The fourth-order valence-electron chi connectivity index (χ4n) is 3.67. The molecule has 2 nitrogen and oxygen atoms in total. The van der Waals surface area contributed by atoms with Crippen LogP contribution in [0.1, 0.15) is 78.6 Å². The minimum Gasteiger partial charge on any atom is -0.311 e. The van der Waals surface area contributed by atoms with E-state index in [2.05, 4.69) is 31.0 Å². The van der Waals surface area contributed by atoms with E-state index in [1.165, 1.54) is 70.9 Å². The van der Waals surface area contributed by atoms with Crippen LogP contribution in [-0.2, 0) is 0 Å². The number of rotatable bonds is 2. The van der Waals surface area contributed by atoms with Crippen molar-refractivity contribution in [2.75, 3.05) is 13.1 Å². The highest BCUT2D eigenvalue weighted by Gasteiger charge is 2.27. The van der Waals surface area contributed by atoms with Gasteiger partial charge in [0.05, 0.1) is 0 Å². The molecule has 1 saturated heterocycles. The molecule has 1 aliphatic carbocycles. The molecule has 0 aromatic heterocycles. The lowest BCUT2D eigenvalue weighted by molar-refractivity contribution is 0.0927. The summed E-state index contributed by atoms with van der Waals surface area (Å²) in [6.45, 7) is 9.57. The Hall–Kier alpha value is -0.0800. The van der Waals surface area contributed by atoms with E-state index in [4.69, 9.17) is 0 Å². The Morgan fingerprint density at radius 2 is 1.21 bits per heavy atom. The number of piperidine rings is 1. The van der Waals surface area contributed by atoms with Crippen LogP contribution >= 0.6 is 0 Å². The summed E-state index contributed by atoms with van der Waals surface area (Å²) in [6.07, 6.45) is 12.8. The molecule has 1 aliphatic heterocycles. The van der Waals surface area contributed by atoms with E-state index in [1.54, 1.807) is 0 Å². The maximum Gasteiger partial charge on any atom is 0.0125 e. The zero-order chi connectivity index (χ0) is 13.7. The van der Waals surface area contributed by atoms with E-state index in [1.807, 2.05) is 0 Å². The molecule has 0 atom stereocenters. The topological polar surface area (TPSA) is 15.3 Å². The van der Waals surface area contributed by atoms with Crippen LogP contribution in [0.15, 0.2) is 0 Å². The highest BCUT2D eigenvalue weighted by Crippen LogP contribution is 2.22. The quantitative estimate of drug-likeness (QED) is 0.814. The summed E-state index contributed by atoms with van der Waals surface area (Å²) in [7, 11) is 0. The second-order valence-corrected chi connectivity index (χ2v) is 7.64. The van der Waals surface area contributed by atoms with Gasteiger partial charge in [-0.05, 0) is 46.5 Å². The fourth-order valence-corrected chi connectivity index (χ4v) is 3.67. The molecule has 0 aromatic rings. The first-order chi connectivity index (χ1) is 9.05. The first-order valence-corrected chi connectivity index (χ1v) is 8.57. The molecule has 112 valence electrons. The highest BCUT2D eigenvalue weighted by molar-refractivity contribution is 4.86. The van der Waals surface area contributed by atoms with Crippen molar-refractivity contribution in [3.63, 3.8) is 0 Å². The minimum atomic E-state index is 0.352. The maximum absolute atomic E-state index is 3.97. The Morgan fingerprint density at radius 3 is 1.74 bits per heavy atom. The average molecular weight is 266 g/mol. The van der Waals surface area contributed by atoms with Gasteiger partial charge in [-0.15, -0.1) is 0 Å². The summed E-state index contributed by atoms with van der Waals surface area (Å²) >= 11 is 0. The van der Waals surface area contributed by atoms with Crippen LogP contribution in [-0.4, -0.2) is 35.6 Å². The molecule has 0 bridgehead atoms. The predicted molar refractivity (Wildman–Crippen MR) is 83.6 cm³/mol. The molecule has 1 heterocycles. The van der Waals surface area contributed by atoms with Gasteiger partial charge in [-0.1, -0.05) is 32.1 Å². The van der Waals surface area contributed by atoms with Crippen LogP contribution in [0, 0.1) is 0 Å². The first kappa shape index (κ1) is 15.3. The summed E-state index contributed by atoms with van der Waals surface area (Å²) < 4.78 is 0. The lowest BCUT2D eigenvalue weighted by Crippen LogP contribution is -2.51. The van der Waals surface area contributed by atoms with E-state index in [0.717, 1.165) is 12.1 Å². The number of hydrogen-bond acceptors (Lipinski definition) is 2. The van der Waals surface area contributed by atoms with Gasteiger partial charge in [-0.3, -0.25) is 4.90 Å². The third-order valence-corrected chi connectivity index (χ3v) is 5.02. The van der Waals surface area contributed by atoms with Gasteiger partial charge in [0.1, 0.15) is 0 Å². The highest BCUT2D eigenvalue weighted by atomic mass is 15.2. The van der Waals surface area contributed by atoms with Gasteiger partial charge in [0.15, 0.2) is 0 Å². The van der Waals surface area contributed by atoms with Crippen molar-refractivity contribution < 1.29 is 0 Å². The summed E-state index contributed by atoms with van der Waals surface area (Å²) in [4.78, 5) is 2.64. The molecule has 2 rings (SSSR count). The van der Waals surface area contributed by atoms with E-state index in [0.29, 0.717) is 5.54 Å². The summed E-state index contributed by atoms with van der Waals surface area (Å²) in [5.41, 5.74) is 0.352. The molecule has 1 N–H and O–H groups in total. The largest absolute Gasteiger partial charge is 0.311 e. The molecular weight excluding hydrogens is 232 g/mol. The van der Waals surface area contributed by atoms with Gasteiger partial charge < -0.3 is 5.32 Å². The normalized spacial score (nSPS) is 26.1. The standard InChI is InChI=1S/C17H34N2/c1-17(2,3)19-13-11-16(12-14-19)18-15-9-7-5-4-6-8-10-15/h15-16,18H,4-14H2,1-3H3. The summed E-state index contributed by atoms with van der Waals surface area (Å²) in [5, 5.41) is 3.97. The van der Waals surface area contributed by atoms with Crippen molar-refractivity contribution >= 4 is 0 Å². The van der Waals surface area contributed by atoms with Crippen LogP contribution in [0.25, 0.3) is 0 Å². The third-order valence-electron chi connectivity index (χ3n) is 5.02. The molecule has 0 unspecified atom stereocenters. The van der Waals surface area contributed by atoms with Gasteiger partial charge in [-0.2, -0.15) is 0 Å². The Morgan fingerprint density at radius 1 is 0.737 bits per heavy atom. The van der Waals surface area contributed by atoms with Crippen molar-refractivity contribution in [1.82, 2.24) is 10.2 Å². The van der Waals surface area contributed by atoms with Crippen molar-refractivity contribution in [1.29, 1.82) is 0 Å². The van der Waals surface area contributed by atoms with Crippen molar-refractivity contribution in [3.05, 3.63) is 0 Å². The molecule has 19 heavy (non-hydrogen) atoms. The minimum absolute atomic E-state index is 0.352. The van der Waals surface area contributed by atoms with E-state index >= 15 is 0 Å². The second kappa shape index (κ2) is 7.08. The fraction of sp³-hybridized carbons (Fsp3) is 1.00. The Labute approximate surface area is 120 Å². The zero-order valence-electron chi connectivity index (χ0n) is 13.4. The molecule has 0 radical (unpaired) electrons. The summed E-state index contributed by atoms with van der Waals surface area (Å²) in [5.74, 6) is 0. The molecule has 2 aliphatic rings. The van der Waals surface area contributed by atoms with Crippen molar-refractivity contribution in [3.8, 4) is 0 Å². The number of nitrogens with zero attached hydrogens (tertiary/aromatic N) is 1. The van der Waals surface area contributed by atoms with E-state index < -0.39 is 0 Å². The van der Waals surface area contributed by atoms with Gasteiger partial charge in [0, 0.05) is 30.7 Å².